The number of H-pyrrole nitrogens is 1. The Morgan fingerprint density at radius 2 is 2.00 bits per heavy atom. The zero-order chi connectivity index (χ0) is 16.0. The van der Waals surface area contributed by atoms with Crippen molar-refractivity contribution < 1.29 is 19.8 Å². The molecule has 0 atom stereocenters. The normalized spacial score (nSPS) is 9.43. The van der Waals surface area contributed by atoms with Crippen molar-refractivity contribution in [1.29, 1.82) is 0 Å². The topological polar surface area (TPSA) is 123 Å². The van der Waals surface area contributed by atoms with Crippen molar-refractivity contribution in [2.75, 3.05) is 5.73 Å². The van der Waals surface area contributed by atoms with Gasteiger partial charge in [-0.2, -0.15) is 0 Å². The van der Waals surface area contributed by atoms with E-state index in [1.165, 1.54) is 0 Å². The fourth-order valence-corrected chi connectivity index (χ4v) is 1.70. The number of nitro benzene ring substituents is 1. The monoisotopic (exact) mass is 373 g/mol. The van der Waals surface area contributed by atoms with Crippen molar-refractivity contribution >= 4 is 45.0 Å². The molecule has 1 heterocycles. The van der Waals surface area contributed by atoms with Gasteiger partial charge < -0.3 is 9.90 Å². The average Bonchev–Trinajstić information content (AvgIpc) is 2.42. The van der Waals surface area contributed by atoms with Gasteiger partial charge in [0.15, 0.2) is 0 Å². The highest BCUT2D eigenvalue weighted by Crippen LogP contribution is 2.21. The van der Waals surface area contributed by atoms with Crippen molar-refractivity contribution in [3.8, 4) is 0 Å². The highest BCUT2D eigenvalue weighted by molar-refractivity contribution is 9.10. The molecule has 1 aromatic carbocycles. The number of nitrogens with one attached hydrogen (secondary N) is 1. The van der Waals surface area contributed by atoms with Gasteiger partial charge in [-0.15, -0.1) is 0 Å². The lowest BCUT2D eigenvalue weighted by molar-refractivity contribution is -0.384. The number of carbonyl (C=O) groups excluding carboxylic acids is 1. The second kappa shape index (κ2) is 7.55. The van der Waals surface area contributed by atoms with Crippen molar-refractivity contribution in [1.82, 2.24) is 0 Å². The molecule has 0 aliphatic rings. The first kappa shape index (κ1) is 16.9. The minimum absolute atomic E-state index is 0.200. The number of aromatic amines is 1. The first-order valence-electron chi connectivity index (χ1n) is 5.39. The quantitative estimate of drug-likeness (QED) is 0.629. The Kier molecular flexibility index (Phi) is 6.07. The highest BCUT2D eigenvalue weighted by Gasteiger charge is 2.09. The lowest BCUT2D eigenvalue weighted by atomic mass is 10.2. The number of hydrogen-bond donors (Lipinski definition) is 1. The number of halogens is 2. The first-order chi connectivity index (χ1) is 9.81. The Balaban J connectivity index is 0.000000235. The molecular formula is C12H9BrClN3O4. The Morgan fingerprint density at radius 1 is 1.33 bits per heavy atom. The summed E-state index contributed by atoms with van der Waals surface area (Å²) in [6.07, 6.45) is 1.79. The smallest absolute Gasteiger partial charge is 0.270 e. The fraction of sp³-hybridized carbons (Fsp3) is 0. The summed E-state index contributed by atoms with van der Waals surface area (Å²) < 4.78 is 1.01. The van der Waals surface area contributed by atoms with E-state index in [0.717, 1.165) is 22.7 Å². The molecule has 0 saturated heterocycles. The molecule has 0 radical (unpaired) electrons. The van der Waals surface area contributed by atoms with Gasteiger partial charge in [-0.05, 0) is 28.1 Å². The Bertz CT molecular complexity index is 643. The number of carboxylic acid groups (broad SMARTS) is 1. The number of carbonyl (C=O) groups is 1. The number of nitrogens with two attached hydrogens (primary N) is 1. The summed E-state index contributed by atoms with van der Waals surface area (Å²) in [5.41, 5.74) is 4.84. The summed E-state index contributed by atoms with van der Waals surface area (Å²) in [5.74, 6) is -0.784. The largest absolute Gasteiger partial charge is 0.545 e. The summed E-state index contributed by atoms with van der Waals surface area (Å²) in [4.78, 5) is 22.7. The number of aromatic nitrogens is 1. The molecule has 0 saturated carbocycles. The zero-order valence-electron chi connectivity index (χ0n) is 10.4. The third-order valence-corrected chi connectivity index (χ3v) is 2.99. The van der Waals surface area contributed by atoms with Crippen LogP contribution in [0.25, 0.3) is 0 Å². The van der Waals surface area contributed by atoms with E-state index in [0.29, 0.717) is 5.82 Å². The maximum absolute atomic E-state index is 10.3. The standard InChI is InChI=1S/C7H4ClNO4.C5H5BrN2/c8-6-3-4(9(12)13)1-2-5(6)7(10)11;6-4-1-2-5(7)8-3-4/h1-3H,(H,10,11);1-3H,(H2,7,8). The number of aromatic carboxylic acids is 1. The van der Waals surface area contributed by atoms with Crippen LogP contribution in [0.2, 0.25) is 5.02 Å². The van der Waals surface area contributed by atoms with E-state index in [1.807, 2.05) is 6.07 Å². The Hall–Kier alpha value is -2.19. The van der Waals surface area contributed by atoms with Crippen LogP contribution < -0.4 is 15.8 Å². The Labute approximate surface area is 132 Å². The second-order valence-electron chi connectivity index (χ2n) is 3.67. The van der Waals surface area contributed by atoms with Gasteiger partial charge in [0.05, 0.1) is 20.4 Å². The molecule has 2 aromatic rings. The van der Waals surface area contributed by atoms with E-state index in [9.17, 15) is 20.0 Å². The van der Waals surface area contributed by atoms with Gasteiger partial charge in [-0.1, -0.05) is 11.6 Å². The van der Waals surface area contributed by atoms with E-state index in [4.69, 9.17) is 17.3 Å². The summed E-state index contributed by atoms with van der Waals surface area (Å²) in [5, 5.41) is 20.4. The molecule has 9 heteroatoms. The number of non-ortho nitro benzene ring substituents is 1. The first-order valence-corrected chi connectivity index (χ1v) is 6.56. The lowest BCUT2D eigenvalue weighted by Crippen LogP contribution is -2.22. The third kappa shape index (κ3) is 5.36. The minimum Gasteiger partial charge on any atom is -0.545 e. The molecule has 3 N–H and O–H groups in total. The number of pyridine rings is 1. The van der Waals surface area contributed by atoms with Crippen LogP contribution in [-0.4, -0.2) is 10.9 Å². The fourth-order valence-electron chi connectivity index (χ4n) is 1.20. The minimum atomic E-state index is -1.46. The molecule has 0 bridgehead atoms. The second-order valence-corrected chi connectivity index (χ2v) is 4.99. The van der Waals surface area contributed by atoms with Crippen molar-refractivity contribution in [2.45, 2.75) is 0 Å². The van der Waals surface area contributed by atoms with Crippen LogP contribution in [0.1, 0.15) is 10.4 Å². The maximum atomic E-state index is 10.3. The maximum Gasteiger partial charge on any atom is 0.270 e. The van der Waals surface area contributed by atoms with E-state index in [2.05, 4.69) is 20.9 Å². The highest BCUT2D eigenvalue weighted by atomic mass is 79.9. The third-order valence-electron chi connectivity index (χ3n) is 2.18. The molecule has 0 aliphatic heterocycles. The van der Waals surface area contributed by atoms with Crippen molar-refractivity contribution in [3.63, 3.8) is 0 Å². The Morgan fingerprint density at radius 3 is 2.38 bits per heavy atom. The average molecular weight is 375 g/mol. The van der Waals surface area contributed by atoms with Gasteiger partial charge in [-0.3, -0.25) is 15.8 Å². The van der Waals surface area contributed by atoms with Crippen molar-refractivity contribution in [3.05, 3.63) is 61.7 Å². The van der Waals surface area contributed by atoms with Gasteiger partial charge >= 0.3 is 0 Å². The number of nitrogens with zero attached hydrogens (tertiary/aromatic N) is 1. The van der Waals surface area contributed by atoms with Crippen LogP contribution in [0.3, 0.4) is 0 Å². The molecule has 0 spiro atoms. The summed E-state index contributed by atoms with van der Waals surface area (Å²) in [7, 11) is 0. The summed E-state index contributed by atoms with van der Waals surface area (Å²) in [6, 6.07) is 6.73. The molecular weight excluding hydrogens is 366 g/mol. The summed E-state index contributed by atoms with van der Waals surface area (Å²) >= 11 is 8.70. The number of carboxylic acids is 1. The molecule has 2 rings (SSSR count). The summed E-state index contributed by atoms with van der Waals surface area (Å²) in [6.45, 7) is 0. The SMILES string of the molecule is Nc1ccc(Br)c[nH+]1.O=C([O-])c1ccc([N+](=O)[O-])cc1Cl. The number of nitrogen functional groups attached to an aromatic ring is 1. The van der Waals surface area contributed by atoms with Gasteiger partial charge in [-0.25, -0.2) is 4.98 Å². The number of anilines is 1. The molecule has 1 aromatic heterocycles. The van der Waals surface area contributed by atoms with Gasteiger partial charge in [0.1, 0.15) is 6.20 Å². The van der Waals surface area contributed by atoms with Crippen molar-refractivity contribution in [2.24, 2.45) is 0 Å². The zero-order valence-corrected chi connectivity index (χ0v) is 12.7. The van der Waals surface area contributed by atoms with Crippen LogP contribution in [0.15, 0.2) is 41.0 Å². The molecule has 110 valence electrons. The van der Waals surface area contributed by atoms with E-state index in [1.54, 1.807) is 12.3 Å². The van der Waals surface area contributed by atoms with Crippen LogP contribution in [0, 0.1) is 10.1 Å². The lowest BCUT2D eigenvalue weighted by Gasteiger charge is -2.03. The molecule has 21 heavy (non-hydrogen) atoms. The van der Waals surface area contributed by atoms with Gasteiger partial charge in [0.2, 0.25) is 0 Å². The molecule has 0 fully saturated rings. The van der Waals surface area contributed by atoms with E-state index < -0.39 is 10.9 Å². The van der Waals surface area contributed by atoms with Crippen LogP contribution >= 0.6 is 27.5 Å². The molecule has 0 aliphatic carbocycles. The predicted octanol–water partition coefficient (Wildman–Crippen LogP) is 1.46. The number of hydrogen-bond acceptors (Lipinski definition) is 5. The van der Waals surface area contributed by atoms with E-state index in [-0.39, 0.29) is 16.3 Å². The van der Waals surface area contributed by atoms with Crippen LogP contribution in [0.4, 0.5) is 11.5 Å². The van der Waals surface area contributed by atoms with Crippen LogP contribution in [-0.2, 0) is 0 Å². The van der Waals surface area contributed by atoms with E-state index >= 15 is 0 Å². The van der Waals surface area contributed by atoms with Gasteiger partial charge in [0.25, 0.3) is 11.5 Å². The molecule has 7 nitrogen and oxygen atoms in total. The number of rotatable bonds is 2. The van der Waals surface area contributed by atoms with Gasteiger partial charge in [0, 0.05) is 23.8 Å². The predicted molar refractivity (Wildman–Crippen MR) is 77.5 cm³/mol. The van der Waals surface area contributed by atoms with Crippen LogP contribution in [0.5, 0.6) is 0 Å². The molecule has 0 amide bonds. The number of benzene rings is 1. The molecule has 0 unspecified atom stereocenters. The number of nitro groups is 1.